The zero-order valence-electron chi connectivity index (χ0n) is 16.3. The standard InChI is InChI=1S/C20H27N5O3/c1-15-10-17(22-28-15)13-23-6-8-24(9-7-23)14-19(26)16-11-18(21-12-16)20(27)25-4-2-3-5-25/h10-12,21H,2-9,13-14H2,1H3. The molecule has 0 unspecified atom stereocenters. The van der Waals surface area contributed by atoms with Crippen LogP contribution in [0.4, 0.5) is 0 Å². The molecule has 2 aliphatic heterocycles. The highest BCUT2D eigenvalue weighted by Crippen LogP contribution is 2.14. The Morgan fingerprint density at radius 3 is 2.46 bits per heavy atom. The molecule has 0 atom stereocenters. The Balaban J connectivity index is 1.26. The van der Waals surface area contributed by atoms with E-state index in [9.17, 15) is 9.59 Å². The number of hydrogen-bond acceptors (Lipinski definition) is 6. The fourth-order valence-electron chi connectivity index (χ4n) is 3.89. The van der Waals surface area contributed by atoms with Gasteiger partial charge in [0.25, 0.3) is 5.91 Å². The predicted octanol–water partition coefficient (Wildman–Crippen LogP) is 1.55. The summed E-state index contributed by atoms with van der Waals surface area (Å²) in [5, 5.41) is 4.04. The van der Waals surface area contributed by atoms with Gasteiger partial charge in [-0.1, -0.05) is 5.16 Å². The van der Waals surface area contributed by atoms with Crippen molar-refractivity contribution in [1.29, 1.82) is 0 Å². The summed E-state index contributed by atoms with van der Waals surface area (Å²) in [5.41, 5.74) is 2.05. The SMILES string of the molecule is Cc1cc(CN2CCN(CC(=O)c3c[nH]c(C(=O)N4CCCC4)c3)CC2)no1. The van der Waals surface area contributed by atoms with Gasteiger partial charge in [0, 0.05) is 63.6 Å². The van der Waals surface area contributed by atoms with Crippen LogP contribution >= 0.6 is 0 Å². The first kappa shape index (κ1) is 18.9. The minimum atomic E-state index is -0.00624. The number of aryl methyl sites for hydroxylation is 1. The van der Waals surface area contributed by atoms with Crippen LogP contribution < -0.4 is 0 Å². The topological polar surface area (TPSA) is 85.7 Å². The number of likely N-dealkylation sites (tertiary alicyclic amines) is 1. The second kappa shape index (κ2) is 8.28. The van der Waals surface area contributed by atoms with Crippen LogP contribution in [0, 0.1) is 6.92 Å². The Kier molecular flexibility index (Phi) is 5.59. The smallest absolute Gasteiger partial charge is 0.270 e. The maximum atomic E-state index is 12.6. The first-order valence-corrected chi connectivity index (χ1v) is 9.96. The molecule has 2 saturated heterocycles. The van der Waals surface area contributed by atoms with Crippen LogP contribution in [0.25, 0.3) is 0 Å². The van der Waals surface area contributed by atoms with Gasteiger partial charge in [-0.2, -0.15) is 0 Å². The molecule has 8 nitrogen and oxygen atoms in total. The number of carbonyl (C=O) groups excluding carboxylic acids is 2. The highest BCUT2D eigenvalue weighted by molar-refractivity contribution is 6.01. The maximum Gasteiger partial charge on any atom is 0.270 e. The monoisotopic (exact) mass is 385 g/mol. The molecule has 0 spiro atoms. The predicted molar refractivity (Wildman–Crippen MR) is 103 cm³/mol. The normalized spacial score (nSPS) is 18.7. The van der Waals surface area contributed by atoms with Crippen LogP contribution in [0.5, 0.6) is 0 Å². The zero-order chi connectivity index (χ0) is 19.5. The van der Waals surface area contributed by atoms with Crippen molar-refractivity contribution in [2.24, 2.45) is 0 Å². The van der Waals surface area contributed by atoms with E-state index in [1.807, 2.05) is 17.9 Å². The lowest BCUT2D eigenvalue weighted by atomic mass is 10.2. The molecule has 0 aliphatic carbocycles. The third-order valence-corrected chi connectivity index (χ3v) is 5.52. The molecule has 2 fully saturated rings. The molecule has 4 rings (SSSR count). The summed E-state index contributed by atoms with van der Waals surface area (Å²) in [6.07, 6.45) is 3.77. The Labute approximate surface area is 164 Å². The Morgan fingerprint density at radius 1 is 1.07 bits per heavy atom. The number of aromatic nitrogens is 2. The van der Waals surface area contributed by atoms with Gasteiger partial charge in [0.2, 0.25) is 0 Å². The average molecular weight is 385 g/mol. The largest absolute Gasteiger partial charge is 0.361 e. The van der Waals surface area contributed by atoms with E-state index in [-0.39, 0.29) is 11.7 Å². The lowest BCUT2D eigenvalue weighted by Gasteiger charge is -2.33. The van der Waals surface area contributed by atoms with E-state index in [4.69, 9.17) is 4.52 Å². The number of aromatic amines is 1. The van der Waals surface area contributed by atoms with Crippen LogP contribution in [-0.4, -0.2) is 82.3 Å². The van der Waals surface area contributed by atoms with Gasteiger partial charge >= 0.3 is 0 Å². The third kappa shape index (κ3) is 4.34. The van der Waals surface area contributed by atoms with Gasteiger partial charge in [0.05, 0.1) is 12.2 Å². The number of rotatable bonds is 6. The van der Waals surface area contributed by atoms with Crippen molar-refractivity contribution >= 4 is 11.7 Å². The summed E-state index contributed by atoms with van der Waals surface area (Å²) in [6.45, 7) is 8.13. The average Bonchev–Trinajstić information content (AvgIpc) is 3.45. The molecule has 0 aromatic carbocycles. The maximum absolute atomic E-state index is 12.6. The first-order valence-electron chi connectivity index (χ1n) is 9.96. The van der Waals surface area contributed by atoms with Crippen molar-refractivity contribution in [1.82, 2.24) is 24.8 Å². The van der Waals surface area contributed by atoms with Crippen LogP contribution in [0.15, 0.2) is 22.9 Å². The van der Waals surface area contributed by atoms with Crippen molar-refractivity contribution in [3.63, 3.8) is 0 Å². The van der Waals surface area contributed by atoms with Gasteiger partial charge in [-0.15, -0.1) is 0 Å². The summed E-state index contributed by atoms with van der Waals surface area (Å²) in [7, 11) is 0. The molecule has 0 saturated carbocycles. The second-order valence-corrected chi connectivity index (χ2v) is 7.71. The number of amides is 1. The van der Waals surface area contributed by atoms with Gasteiger partial charge in [-0.25, -0.2) is 0 Å². The van der Waals surface area contributed by atoms with Crippen molar-refractivity contribution in [3.05, 3.63) is 41.0 Å². The van der Waals surface area contributed by atoms with Crippen molar-refractivity contribution < 1.29 is 14.1 Å². The number of nitrogens with one attached hydrogen (secondary N) is 1. The molecule has 2 aliphatic rings. The molecule has 2 aromatic heterocycles. The molecule has 8 heteroatoms. The molecule has 0 radical (unpaired) electrons. The number of ketones is 1. The van der Waals surface area contributed by atoms with E-state index in [0.717, 1.165) is 70.1 Å². The zero-order valence-corrected chi connectivity index (χ0v) is 16.3. The van der Waals surface area contributed by atoms with Gasteiger partial charge in [-0.05, 0) is 25.8 Å². The fraction of sp³-hybridized carbons (Fsp3) is 0.550. The Morgan fingerprint density at radius 2 is 1.79 bits per heavy atom. The van der Waals surface area contributed by atoms with Crippen LogP contribution in [0.2, 0.25) is 0 Å². The van der Waals surface area contributed by atoms with Gasteiger partial charge in [-0.3, -0.25) is 19.4 Å². The van der Waals surface area contributed by atoms with E-state index < -0.39 is 0 Å². The number of hydrogen-bond donors (Lipinski definition) is 1. The van der Waals surface area contributed by atoms with E-state index in [0.29, 0.717) is 17.8 Å². The number of nitrogens with zero attached hydrogens (tertiary/aromatic N) is 4. The molecule has 0 bridgehead atoms. The van der Waals surface area contributed by atoms with E-state index in [1.54, 1.807) is 12.3 Å². The lowest BCUT2D eigenvalue weighted by molar-refractivity contribution is 0.0787. The molecule has 150 valence electrons. The molecule has 4 heterocycles. The van der Waals surface area contributed by atoms with Crippen molar-refractivity contribution in [2.75, 3.05) is 45.8 Å². The summed E-state index contributed by atoms with van der Waals surface area (Å²) >= 11 is 0. The van der Waals surface area contributed by atoms with Crippen LogP contribution in [0.3, 0.4) is 0 Å². The van der Waals surface area contributed by atoms with E-state index >= 15 is 0 Å². The number of piperazine rings is 1. The summed E-state index contributed by atoms with van der Waals surface area (Å²) in [5.74, 6) is 0.874. The minimum Gasteiger partial charge on any atom is -0.361 e. The minimum absolute atomic E-state index is 0.00624. The summed E-state index contributed by atoms with van der Waals surface area (Å²) < 4.78 is 5.12. The highest BCUT2D eigenvalue weighted by atomic mass is 16.5. The number of carbonyl (C=O) groups is 2. The molecular formula is C20H27N5O3. The quantitative estimate of drug-likeness (QED) is 0.760. The molecule has 1 N–H and O–H groups in total. The molecule has 28 heavy (non-hydrogen) atoms. The van der Waals surface area contributed by atoms with Crippen LogP contribution in [-0.2, 0) is 6.54 Å². The Hall–Kier alpha value is -2.45. The lowest BCUT2D eigenvalue weighted by Crippen LogP contribution is -2.47. The third-order valence-electron chi connectivity index (χ3n) is 5.52. The Bertz CT molecular complexity index is 829. The molecule has 2 aromatic rings. The summed E-state index contributed by atoms with van der Waals surface area (Å²) in [4.78, 5) is 34.4. The van der Waals surface area contributed by atoms with Gasteiger partial charge in [0.15, 0.2) is 5.78 Å². The first-order chi connectivity index (χ1) is 13.6. The summed E-state index contributed by atoms with van der Waals surface area (Å²) in [6, 6.07) is 3.66. The van der Waals surface area contributed by atoms with Gasteiger partial charge in [0.1, 0.15) is 11.5 Å². The number of Topliss-reactive ketones (excluding diaryl/α,β-unsaturated/α-hetero) is 1. The second-order valence-electron chi connectivity index (χ2n) is 7.71. The number of H-pyrrole nitrogens is 1. The molecule has 1 amide bonds. The molecular weight excluding hydrogens is 358 g/mol. The van der Waals surface area contributed by atoms with Crippen molar-refractivity contribution in [3.8, 4) is 0 Å². The van der Waals surface area contributed by atoms with Crippen molar-refractivity contribution in [2.45, 2.75) is 26.3 Å². The van der Waals surface area contributed by atoms with Gasteiger partial charge < -0.3 is 14.4 Å². The van der Waals surface area contributed by atoms with E-state index in [2.05, 4.69) is 19.9 Å². The van der Waals surface area contributed by atoms with E-state index in [1.165, 1.54) is 0 Å². The highest BCUT2D eigenvalue weighted by Gasteiger charge is 2.24. The van der Waals surface area contributed by atoms with Crippen LogP contribution in [0.1, 0.15) is 45.1 Å². The fourth-order valence-corrected chi connectivity index (χ4v) is 3.89.